The highest BCUT2D eigenvalue weighted by Gasteiger charge is 2.28. The van der Waals surface area contributed by atoms with Gasteiger partial charge in [0.25, 0.3) is 0 Å². The number of nitrogens with zero attached hydrogens (tertiary/aromatic N) is 2. The van der Waals surface area contributed by atoms with Gasteiger partial charge in [-0.05, 0) is 31.1 Å². The van der Waals surface area contributed by atoms with Gasteiger partial charge >= 0.3 is 0 Å². The van der Waals surface area contributed by atoms with Crippen molar-refractivity contribution < 1.29 is 8.42 Å². The van der Waals surface area contributed by atoms with Crippen LogP contribution in [-0.2, 0) is 10.0 Å². The van der Waals surface area contributed by atoms with Crippen molar-refractivity contribution in [2.75, 3.05) is 5.43 Å². The summed E-state index contributed by atoms with van der Waals surface area (Å²) in [6.07, 6.45) is 5.28. The third kappa shape index (κ3) is 3.44. The van der Waals surface area contributed by atoms with Gasteiger partial charge in [-0.3, -0.25) is 5.43 Å². The van der Waals surface area contributed by atoms with Crippen molar-refractivity contribution in [3.63, 3.8) is 0 Å². The minimum Gasteiger partial charge on any atom is -0.292 e. The minimum absolute atomic E-state index is 0.0153. The van der Waals surface area contributed by atoms with Crippen LogP contribution < -0.4 is 16.0 Å². The van der Waals surface area contributed by atoms with Crippen LogP contribution in [0.4, 0.5) is 5.95 Å². The lowest BCUT2D eigenvalue weighted by Gasteiger charge is -2.32. The summed E-state index contributed by atoms with van der Waals surface area (Å²) in [6, 6.07) is -0.0153. The summed E-state index contributed by atoms with van der Waals surface area (Å²) in [4.78, 5) is 7.69. The fourth-order valence-electron chi connectivity index (χ4n) is 2.47. The second-order valence-electron chi connectivity index (χ2n) is 5.47. The molecule has 112 valence electrons. The van der Waals surface area contributed by atoms with E-state index in [-0.39, 0.29) is 16.9 Å². The molecule has 0 bridgehead atoms. The number of nitrogen functional groups attached to an aromatic ring is 1. The Morgan fingerprint density at radius 2 is 1.85 bits per heavy atom. The zero-order valence-electron chi connectivity index (χ0n) is 11.7. The normalized spacial score (nSPS) is 27.2. The monoisotopic (exact) mass is 299 g/mol. The highest BCUT2D eigenvalue weighted by atomic mass is 32.2. The van der Waals surface area contributed by atoms with Gasteiger partial charge in [-0.2, -0.15) is 0 Å². The van der Waals surface area contributed by atoms with Crippen LogP contribution in [0.3, 0.4) is 0 Å². The maximum Gasteiger partial charge on any atom is 0.243 e. The Morgan fingerprint density at radius 3 is 2.40 bits per heavy atom. The van der Waals surface area contributed by atoms with Crippen molar-refractivity contribution in [3.05, 3.63) is 12.4 Å². The van der Waals surface area contributed by atoms with E-state index in [1.807, 2.05) is 0 Å². The smallest absolute Gasteiger partial charge is 0.243 e. The maximum atomic E-state index is 12.2. The number of hydrogen-bond donors (Lipinski definition) is 3. The zero-order chi connectivity index (χ0) is 14.8. The van der Waals surface area contributed by atoms with Crippen molar-refractivity contribution >= 4 is 16.0 Å². The van der Waals surface area contributed by atoms with Crippen LogP contribution in [-0.4, -0.2) is 24.4 Å². The Morgan fingerprint density at radius 1 is 1.20 bits per heavy atom. The SMILES string of the molecule is CC1CCC(NS(=O)(=O)c2cnc(NN)nc2)CC1C. The number of sulfonamides is 1. The number of hydrazine groups is 1. The quantitative estimate of drug-likeness (QED) is 0.562. The molecule has 1 aliphatic carbocycles. The largest absolute Gasteiger partial charge is 0.292 e. The summed E-state index contributed by atoms with van der Waals surface area (Å²) in [5.74, 6) is 6.50. The molecule has 0 radical (unpaired) electrons. The van der Waals surface area contributed by atoms with Gasteiger partial charge in [0, 0.05) is 6.04 Å². The van der Waals surface area contributed by atoms with Crippen molar-refractivity contribution in [3.8, 4) is 0 Å². The molecule has 7 nitrogen and oxygen atoms in total. The third-order valence-corrected chi connectivity index (χ3v) is 5.46. The van der Waals surface area contributed by atoms with Gasteiger partial charge in [-0.15, -0.1) is 0 Å². The second-order valence-corrected chi connectivity index (χ2v) is 7.19. The predicted octanol–water partition coefficient (Wildman–Crippen LogP) is 0.865. The lowest BCUT2D eigenvalue weighted by Crippen LogP contribution is -2.39. The first-order valence-electron chi connectivity index (χ1n) is 6.73. The molecule has 0 saturated heterocycles. The molecule has 0 amide bonds. The van der Waals surface area contributed by atoms with Crippen LogP contribution in [0.25, 0.3) is 0 Å². The highest BCUT2D eigenvalue weighted by Crippen LogP contribution is 2.30. The van der Waals surface area contributed by atoms with E-state index in [1.54, 1.807) is 0 Å². The van der Waals surface area contributed by atoms with Crippen molar-refractivity contribution in [2.24, 2.45) is 17.7 Å². The van der Waals surface area contributed by atoms with Crippen molar-refractivity contribution in [2.45, 2.75) is 44.0 Å². The third-order valence-electron chi connectivity index (χ3n) is 3.99. The Balaban J connectivity index is 2.07. The topological polar surface area (TPSA) is 110 Å². The van der Waals surface area contributed by atoms with E-state index < -0.39 is 10.0 Å². The van der Waals surface area contributed by atoms with Crippen LogP contribution >= 0.6 is 0 Å². The van der Waals surface area contributed by atoms with E-state index in [2.05, 4.69) is 34.0 Å². The summed E-state index contributed by atoms with van der Waals surface area (Å²) in [5.41, 5.74) is 2.26. The van der Waals surface area contributed by atoms with E-state index in [1.165, 1.54) is 12.4 Å². The molecule has 8 heteroatoms. The van der Waals surface area contributed by atoms with Gasteiger partial charge in [0.1, 0.15) is 4.90 Å². The van der Waals surface area contributed by atoms with Crippen molar-refractivity contribution in [1.29, 1.82) is 0 Å². The van der Waals surface area contributed by atoms with Crippen LogP contribution in [0.1, 0.15) is 33.1 Å². The lowest BCUT2D eigenvalue weighted by molar-refractivity contribution is 0.242. The maximum absolute atomic E-state index is 12.2. The lowest BCUT2D eigenvalue weighted by atomic mass is 9.79. The molecule has 1 aromatic rings. The fourth-order valence-corrected chi connectivity index (χ4v) is 3.64. The molecule has 0 spiro atoms. The van der Waals surface area contributed by atoms with Gasteiger partial charge in [-0.1, -0.05) is 13.8 Å². The standard InChI is InChI=1S/C12H21N5O2S/c1-8-3-4-10(5-9(8)2)17-20(18,19)11-6-14-12(16-13)15-7-11/h6-10,17H,3-5,13H2,1-2H3,(H,14,15,16). The minimum atomic E-state index is -3.57. The molecular formula is C12H21N5O2S. The number of nitrogens with two attached hydrogens (primary N) is 1. The zero-order valence-corrected chi connectivity index (χ0v) is 12.5. The van der Waals surface area contributed by atoms with Crippen molar-refractivity contribution in [1.82, 2.24) is 14.7 Å². The molecule has 0 aliphatic heterocycles. The van der Waals surface area contributed by atoms with Crippen LogP contribution in [0.5, 0.6) is 0 Å². The first-order valence-corrected chi connectivity index (χ1v) is 8.21. The molecule has 0 aromatic carbocycles. The van der Waals surface area contributed by atoms with Gasteiger partial charge in [0.15, 0.2) is 0 Å². The predicted molar refractivity (Wildman–Crippen MR) is 76.1 cm³/mol. The van der Waals surface area contributed by atoms with Crippen LogP contribution in [0.15, 0.2) is 17.3 Å². The number of rotatable bonds is 4. The molecule has 4 N–H and O–H groups in total. The van der Waals surface area contributed by atoms with Crippen LogP contribution in [0, 0.1) is 11.8 Å². The number of nitrogens with one attached hydrogen (secondary N) is 2. The Bertz CT molecular complexity index is 545. The number of anilines is 1. The number of hydrogen-bond acceptors (Lipinski definition) is 6. The first-order chi connectivity index (χ1) is 9.42. The van der Waals surface area contributed by atoms with Gasteiger partial charge in [0.2, 0.25) is 16.0 Å². The summed E-state index contributed by atoms with van der Waals surface area (Å²) in [6.45, 7) is 4.37. The molecule has 3 atom stereocenters. The summed E-state index contributed by atoms with van der Waals surface area (Å²) < 4.78 is 27.2. The first kappa shape index (κ1) is 15.1. The Labute approximate surface area is 119 Å². The molecule has 1 heterocycles. The molecule has 1 aromatic heterocycles. The van der Waals surface area contributed by atoms with E-state index in [4.69, 9.17) is 5.84 Å². The second kappa shape index (κ2) is 6.02. The average Bonchev–Trinajstić information content (AvgIpc) is 2.43. The van der Waals surface area contributed by atoms with E-state index in [0.717, 1.165) is 19.3 Å². The molecule has 3 unspecified atom stereocenters. The summed E-state index contributed by atoms with van der Waals surface area (Å²) in [5, 5.41) is 0. The molecular weight excluding hydrogens is 278 g/mol. The average molecular weight is 299 g/mol. The van der Waals surface area contributed by atoms with E-state index in [0.29, 0.717) is 11.8 Å². The number of aromatic nitrogens is 2. The Hall–Kier alpha value is -1.25. The summed E-state index contributed by atoms with van der Waals surface area (Å²) >= 11 is 0. The van der Waals surface area contributed by atoms with Gasteiger partial charge in [-0.25, -0.2) is 29.0 Å². The fraction of sp³-hybridized carbons (Fsp3) is 0.667. The molecule has 1 aliphatic rings. The summed E-state index contributed by atoms with van der Waals surface area (Å²) in [7, 11) is -3.57. The molecule has 2 rings (SSSR count). The van der Waals surface area contributed by atoms with Gasteiger partial charge < -0.3 is 0 Å². The van der Waals surface area contributed by atoms with E-state index in [9.17, 15) is 8.42 Å². The highest BCUT2D eigenvalue weighted by molar-refractivity contribution is 7.89. The van der Waals surface area contributed by atoms with E-state index >= 15 is 0 Å². The Kier molecular flexibility index (Phi) is 4.56. The van der Waals surface area contributed by atoms with Crippen LogP contribution in [0.2, 0.25) is 0 Å². The molecule has 1 saturated carbocycles. The molecule has 20 heavy (non-hydrogen) atoms. The van der Waals surface area contributed by atoms with Gasteiger partial charge in [0.05, 0.1) is 12.4 Å². The molecule has 1 fully saturated rings.